The minimum atomic E-state index is -0.500. The third-order valence-corrected chi connectivity index (χ3v) is 6.98. The highest BCUT2D eigenvalue weighted by atomic mass is 32.1. The van der Waals surface area contributed by atoms with Gasteiger partial charge in [0.1, 0.15) is 6.54 Å². The van der Waals surface area contributed by atoms with E-state index in [0.29, 0.717) is 50.4 Å². The van der Waals surface area contributed by atoms with E-state index < -0.39 is 6.04 Å². The number of thiophene rings is 1. The number of carbonyl (C=O) groups excluding carboxylic acids is 4. The zero-order chi connectivity index (χ0) is 22.8. The van der Waals surface area contributed by atoms with Gasteiger partial charge in [0, 0.05) is 19.6 Å². The predicted molar refractivity (Wildman–Crippen MR) is 118 cm³/mol. The first-order valence-electron chi connectivity index (χ1n) is 11.0. The van der Waals surface area contributed by atoms with Gasteiger partial charge in [-0.2, -0.15) is 11.3 Å². The molecule has 10 heteroatoms. The Morgan fingerprint density at radius 2 is 1.97 bits per heavy atom. The third-order valence-electron chi connectivity index (χ3n) is 6.28. The van der Waals surface area contributed by atoms with Crippen molar-refractivity contribution in [2.45, 2.75) is 32.7 Å². The molecular weight excluding hydrogens is 432 g/mol. The first-order valence-corrected chi connectivity index (χ1v) is 12.0. The summed E-state index contributed by atoms with van der Waals surface area (Å²) < 4.78 is 5.08. The Hall–Kier alpha value is -2.88. The maximum absolute atomic E-state index is 13.3. The van der Waals surface area contributed by atoms with Crippen LogP contribution in [0.1, 0.15) is 38.3 Å². The van der Waals surface area contributed by atoms with Crippen molar-refractivity contribution in [3.8, 4) is 0 Å². The molecule has 1 atom stereocenters. The largest absolute Gasteiger partial charge is 0.466 e. The molecule has 1 saturated heterocycles. The van der Waals surface area contributed by atoms with E-state index in [1.54, 1.807) is 16.7 Å². The Kier molecular flexibility index (Phi) is 6.50. The molecule has 3 aliphatic rings. The summed E-state index contributed by atoms with van der Waals surface area (Å²) in [6.07, 6.45) is 1.13. The number of likely N-dealkylation sites (tertiary alicyclic amines) is 1. The van der Waals surface area contributed by atoms with Gasteiger partial charge in [-0.05, 0) is 49.1 Å². The molecule has 4 heterocycles. The molecule has 3 aliphatic heterocycles. The molecule has 9 nitrogen and oxygen atoms in total. The van der Waals surface area contributed by atoms with Crippen molar-refractivity contribution >= 4 is 35.2 Å². The molecular formula is C22H28N4O5S. The molecule has 1 aromatic rings. The van der Waals surface area contributed by atoms with Crippen LogP contribution in [0.4, 0.5) is 4.79 Å². The standard InChI is InChI=1S/C22H28N4O5S/c1-3-26-16-11-25(12-17(27)24-8-5-14(6-9-24)21(29)31-4-2)20(28)18(16)19(23-22(26)30)15-7-10-32-13-15/h7,10,13-14,19H,3-6,8-9,11-12H2,1-2H3,(H,23,30)/t19-/m1/s1. The monoisotopic (exact) mass is 460 g/mol. The van der Waals surface area contributed by atoms with Crippen molar-refractivity contribution in [3.63, 3.8) is 0 Å². The number of esters is 1. The van der Waals surface area contributed by atoms with Crippen molar-refractivity contribution in [1.29, 1.82) is 0 Å². The van der Waals surface area contributed by atoms with Gasteiger partial charge >= 0.3 is 12.0 Å². The van der Waals surface area contributed by atoms with Gasteiger partial charge in [-0.15, -0.1) is 0 Å². The van der Waals surface area contributed by atoms with Gasteiger partial charge in [-0.25, -0.2) is 4.79 Å². The van der Waals surface area contributed by atoms with E-state index in [-0.39, 0.29) is 42.8 Å². The molecule has 1 fully saturated rings. The van der Waals surface area contributed by atoms with E-state index in [4.69, 9.17) is 4.74 Å². The molecule has 172 valence electrons. The number of hydrogen-bond donors (Lipinski definition) is 1. The van der Waals surface area contributed by atoms with E-state index in [1.165, 1.54) is 16.2 Å². The van der Waals surface area contributed by atoms with Gasteiger partial charge in [0.15, 0.2) is 0 Å². The molecule has 1 N–H and O–H groups in total. The lowest BCUT2D eigenvalue weighted by Gasteiger charge is -2.32. The quantitative estimate of drug-likeness (QED) is 0.652. The van der Waals surface area contributed by atoms with Crippen molar-refractivity contribution in [1.82, 2.24) is 20.0 Å². The summed E-state index contributed by atoms with van der Waals surface area (Å²) >= 11 is 1.51. The number of nitrogens with zero attached hydrogens (tertiary/aromatic N) is 3. The zero-order valence-corrected chi connectivity index (χ0v) is 19.2. The smallest absolute Gasteiger partial charge is 0.322 e. The molecule has 0 radical (unpaired) electrons. The van der Waals surface area contributed by atoms with Crippen LogP contribution in [0.5, 0.6) is 0 Å². The third kappa shape index (κ3) is 4.11. The van der Waals surface area contributed by atoms with Gasteiger partial charge in [-0.3, -0.25) is 19.3 Å². The number of ether oxygens (including phenoxy) is 1. The number of amides is 4. The summed E-state index contributed by atoms with van der Waals surface area (Å²) in [5.74, 6) is -0.746. The minimum Gasteiger partial charge on any atom is -0.466 e. The molecule has 0 aromatic carbocycles. The molecule has 4 amide bonds. The second kappa shape index (κ2) is 9.32. The van der Waals surface area contributed by atoms with E-state index in [9.17, 15) is 19.2 Å². The minimum absolute atomic E-state index is 0.0436. The molecule has 1 aromatic heterocycles. The van der Waals surface area contributed by atoms with Crippen LogP contribution in [0, 0.1) is 5.92 Å². The molecule has 32 heavy (non-hydrogen) atoms. The van der Waals surface area contributed by atoms with Crippen LogP contribution >= 0.6 is 11.3 Å². The van der Waals surface area contributed by atoms with E-state index >= 15 is 0 Å². The SMILES string of the molecule is CCOC(=O)C1CCN(C(=O)CN2CC3=C(C2=O)[C@@H](c2ccsc2)NC(=O)N3CC)CC1. The summed E-state index contributed by atoms with van der Waals surface area (Å²) in [6, 6.07) is 1.17. The summed E-state index contributed by atoms with van der Waals surface area (Å²) in [5, 5.41) is 6.77. The number of likely N-dealkylation sites (N-methyl/N-ethyl adjacent to an activating group) is 1. The van der Waals surface area contributed by atoms with Crippen molar-refractivity contribution in [2.75, 3.05) is 39.3 Å². The maximum atomic E-state index is 13.3. The Balaban J connectivity index is 1.43. The lowest BCUT2D eigenvalue weighted by Crippen LogP contribution is -2.47. The van der Waals surface area contributed by atoms with E-state index in [1.807, 2.05) is 23.8 Å². The summed E-state index contributed by atoms with van der Waals surface area (Å²) in [4.78, 5) is 55.6. The van der Waals surface area contributed by atoms with Gasteiger partial charge in [-0.1, -0.05) is 0 Å². The Labute approximate surface area is 191 Å². The summed E-state index contributed by atoms with van der Waals surface area (Å²) in [7, 11) is 0. The molecule has 0 saturated carbocycles. The molecule has 0 bridgehead atoms. The number of hydrogen-bond acceptors (Lipinski definition) is 6. The van der Waals surface area contributed by atoms with Crippen LogP contribution in [-0.2, 0) is 19.1 Å². The zero-order valence-electron chi connectivity index (χ0n) is 18.3. The number of carbonyl (C=O) groups is 4. The molecule has 0 unspecified atom stereocenters. The summed E-state index contributed by atoms with van der Waals surface area (Å²) in [6.45, 7) is 5.57. The first kappa shape index (κ1) is 22.3. The second-order valence-corrected chi connectivity index (χ2v) is 8.89. The number of rotatable bonds is 6. The predicted octanol–water partition coefficient (Wildman–Crippen LogP) is 1.73. The number of nitrogens with one attached hydrogen (secondary N) is 1. The molecule has 0 spiro atoms. The van der Waals surface area contributed by atoms with Gasteiger partial charge in [0.25, 0.3) is 5.91 Å². The lowest BCUT2D eigenvalue weighted by atomic mass is 9.97. The van der Waals surface area contributed by atoms with E-state index in [0.717, 1.165) is 5.56 Å². The van der Waals surface area contributed by atoms with Crippen LogP contribution in [-0.4, -0.2) is 77.8 Å². The highest BCUT2D eigenvalue weighted by molar-refractivity contribution is 7.08. The van der Waals surface area contributed by atoms with Gasteiger partial charge in [0.05, 0.1) is 36.4 Å². The normalized spacial score (nSPS) is 21.7. The highest BCUT2D eigenvalue weighted by Gasteiger charge is 2.44. The van der Waals surface area contributed by atoms with Crippen LogP contribution < -0.4 is 5.32 Å². The van der Waals surface area contributed by atoms with Crippen LogP contribution in [0.25, 0.3) is 0 Å². The van der Waals surface area contributed by atoms with Gasteiger partial charge < -0.3 is 19.9 Å². The fourth-order valence-corrected chi connectivity index (χ4v) is 5.27. The Morgan fingerprint density at radius 1 is 1.22 bits per heavy atom. The van der Waals surface area contributed by atoms with Crippen molar-refractivity contribution < 1.29 is 23.9 Å². The van der Waals surface area contributed by atoms with Crippen molar-refractivity contribution in [2.24, 2.45) is 5.92 Å². The number of piperidine rings is 1. The second-order valence-electron chi connectivity index (χ2n) is 8.11. The van der Waals surface area contributed by atoms with Crippen molar-refractivity contribution in [3.05, 3.63) is 33.7 Å². The average Bonchev–Trinajstić information content (AvgIpc) is 3.43. The fourth-order valence-electron chi connectivity index (χ4n) is 4.59. The highest BCUT2D eigenvalue weighted by Crippen LogP contribution is 2.36. The topological polar surface area (TPSA) is 99.3 Å². The molecule has 0 aliphatic carbocycles. The first-order chi connectivity index (χ1) is 15.4. The summed E-state index contributed by atoms with van der Waals surface area (Å²) in [5.41, 5.74) is 2.08. The van der Waals surface area contributed by atoms with Gasteiger partial charge in [0.2, 0.25) is 5.91 Å². The lowest BCUT2D eigenvalue weighted by molar-refractivity contribution is -0.151. The van der Waals surface area contributed by atoms with Crippen LogP contribution in [0.15, 0.2) is 28.1 Å². The maximum Gasteiger partial charge on any atom is 0.322 e. The van der Waals surface area contributed by atoms with Crippen LogP contribution in [0.3, 0.4) is 0 Å². The Morgan fingerprint density at radius 3 is 2.59 bits per heavy atom. The number of urea groups is 1. The van der Waals surface area contributed by atoms with E-state index in [2.05, 4.69) is 5.32 Å². The Bertz CT molecular complexity index is 936. The van der Waals surface area contributed by atoms with Crippen LogP contribution in [0.2, 0.25) is 0 Å². The fraction of sp³-hybridized carbons (Fsp3) is 0.545. The molecule has 4 rings (SSSR count). The average molecular weight is 461 g/mol.